The molecule has 0 unspecified atom stereocenters. The molecule has 5 nitrogen and oxygen atoms in total. The lowest BCUT2D eigenvalue weighted by Gasteiger charge is -2.20. The van der Waals surface area contributed by atoms with Crippen molar-refractivity contribution in [3.8, 4) is 11.9 Å². The van der Waals surface area contributed by atoms with Crippen molar-refractivity contribution in [2.75, 3.05) is 0 Å². The summed E-state index contributed by atoms with van der Waals surface area (Å²) in [6.45, 7) is 4.02. The Kier molecular flexibility index (Phi) is 3.82. The maximum absolute atomic E-state index is 9.22. The van der Waals surface area contributed by atoms with E-state index in [9.17, 15) is 5.26 Å². The van der Waals surface area contributed by atoms with Gasteiger partial charge in [-0.3, -0.25) is 5.10 Å². The zero-order valence-electron chi connectivity index (χ0n) is 12.4. The number of nitriles is 1. The Bertz CT molecular complexity index is 770. The SMILES string of the molecule is Cc1ccc(SCc2[nH]nc3c2[C@H](C)C(C#N)=C(N)O3)cc1. The summed E-state index contributed by atoms with van der Waals surface area (Å²) in [4.78, 5) is 1.19. The Labute approximate surface area is 133 Å². The van der Waals surface area contributed by atoms with Crippen LogP contribution in [0.4, 0.5) is 0 Å². The van der Waals surface area contributed by atoms with Gasteiger partial charge in [0, 0.05) is 22.1 Å². The van der Waals surface area contributed by atoms with Gasteiger partial charge in [-0.2, -0.15) is 5.26 Å². The summed E-state index contributed by atoms with van der Waals surface area (Å²) >= 11 is 1.71. The summed E-state index contributed by atoms with van der Waals surface area (Å²) < 4.78 is 5.44. The number of nitrogens with two attached hydrogens (primary N) is 1. The van der Waals surface area contributed by atoms with Gasteiger partial charge in [0.15, 0.2) is 0 Å². The molecular weight excluding hydrogens is 296 g/mol. The second-order valence-electron chi connectivity index (χ2n) is 5.24. The monoisotopic (exact) mass is 312 g/mol. The lowest BCUT2D eigenvalue weighted by molar-refractivity contribution is 0.376. The molecule has 2 aromatic rings. The molecular formula is C16H16N4OS. The van der Waals surface area contributed by atoms with E-state index in [0.29, 0.717) is 11.5 Å². The van der Waals surface area contributed by atoms with Crippen LogP contribution in [0.1, 0.15) is 29.7 Å². The van der Waals surface area contributed by atoms with E-state index < -0.39 is 0 Å². The maximum Gasteiger partial charge on any atom is 0.243 e. The number of benzene rings is 1. The number of aromatic nitrogens is 2. The number of hydrogen-bond donors (Lipinski definition) is 2. The largest absolute Gasteiger partial charge is 0.420 e. The van der Waals surface area contributed by atoms with Crippen LogP contribution in [0.15, 0.2) is 40.6 Å². The molecule has 0 saturated heterocycles. The number of nitrogens with zero attached hydrogens (tertiary/aromatic N) is 2. The average Bonchev–Trinajstić information content (AvgIpc) is 2.90. The third kappa shape index (κ3) is 2.55. The Morgan fingerprint density at radius 2 is 2.14 bits per heavy atom. The molecule has 3 N–H and O–H groups in total. The Morgan fingerprint density at radius 3 is 2.82 bits per heavy atom. The average molecular weight is 312 g/mol. The highest BCUT2D eigenvalue weighted by molar-refractivity contribution is 7.98. The molecule has 1 aromatic heterocycles. The summed E-state index contributed by atoms with van der Waals surface area (Å²) in [5.74, 6) is 1.24. The Hall–Kier alpha value is -2.39. The van der Waals surface area contributed by atoms with E-state index in [1.165, 1.54) is 10.5 Å². The number of fused-ring (bicyclic) bond motifs is 1. The third-order valence-electron chi connectivity index (χ3n) is 3.71. The summed E-state index contributed by atoms with van der Waals surface area (Å²) in [6, 6.07) is 10.5. The van der Waals surface area contributed by atoms with Crippen LogP contribution >= 0.6 is 11.8 Å². The van der Waals surface area contributed by atoms with Crippen molar-refractivity contribution in [3.63, 3.8) is 0 Å². The fourth-order valence-electron chi connectivity index (χ4n) is 2.46. The molecule has 0 spiro atoms. The molecule has 0 aliphatic carbocycles. The number of aryl methyl sites for hydroxylation is 1. The summed E-state index contributed by atoms with van der Waals surface area (Å²) in [7, 11) is 0. The molecule has 0 amide bonds. The van der Waals surface area contributed by atoms with Crippen LogP contribution in [0, 0.1) is 18.3 Å². The van der Waals surface area contributed by atoms with Crippen molar-refractivity contribution in [3.05, 3.63) is 52.5 Å². The van der Waals surface area contributed by atoms with Crippen LogP contribution in [0.25, 0.3) is 0 Å². The normalized spacial score (nSPS) is 16.9. The standard InChI is InChI=1S/C16H16N4OS/c1-9-3-5-11(6-4-9)22-8-13-14-10(2)12(7-17)15(18)21-16(14)20-19-13/h3-6,10H,8,18H2,1-2H3,(H,19,20)/t10-/m1/s1. The number of thioether (sulfide) groups is 1. The second-order valence-corrected chi connectivity index (χ2v) is 6.28. The minimum atomic E-state index is -0.110. The van der Waals surface area contributed by atoms with E-state index in [1.54, 1.807) is 11.8 Å². The van der Waals surface area contributed by atoms with Crippen molar-refractivity contribution in [2.24, 2.45) is 5.73 Å². The highest BCUT2D eigenvalue weighted by Crippen LogP contribution is 2.39. The molecule has 2 heterocycles. The van der Waals surface area contributed by atoms with Gasteiger partial charge in [-0.05, 0) is 19.1 Å². The van der Waals surface area contributed by atoms with E-state index in [-0.39, 0.29) is 11.8 Å². The van der Waals surface area contributed by atoms with E-state index in [4.69, 9.17) is 10.5 Å². The molecule has 112 valence electrons. The molecule has 0 radical (unpaired) electrons. The number of allylic oxidation sites excluding steroid dienone is 1. The molecule has 3 rings (SSSR count). The molecule has 0 fully saturated rings. The van der Waals surface area contributed by atoms with Crippen LogP contribution in [-0.4, -0.2) is 10.2 Å². The molecule has 1 atom stereocenters. The first-order chi connectivity index (χ1) is 10.6. The highest BCUT2D eigenvalue weighted by Gasteiger charge is 2.30. The fourth-order valence-corrected chi connectivity index (χ4v) is 3.32. The van der Waals surface area contributed by atoms with Crippen LogP contribution < -0.4 is 10.5 Å². The van der Waals surface area contributed by atoms with Crippen molar-refractivity contribution in [1.29, 1.82) is 5.26 Å². The third-order valence-corrected chi connectivity index (χ3v) is 4.75. The van der Waals surface area contributed by atoms with Crippen LogP contribution in [0.3, 0.4) is 0 Å². The predicted molar refractivity (Wildman–Crippen MR) is 85.2 cm³/mol. The summed E-state index contributed by atoms with van der Waals surface area (Å²) in [5, 5.41) is 16.4. The number of hydrogen-bond acceptors (Lipinski definition) is 5. The maximum atomic E-state index is 9.22. The quantitative estimate of drug-likeness (QED) is 0.850. The number of rotatable bonds is 3. The van der Waals surface area contributed by atoms with Gasteiger partial charge in [0.05, 0.1) is 11.3 Å². The molecule has 1 aliphatic rings. The van der Waals surface area contributed by atoms with Crippen molar-refractivity contribution in [1.82, 2.24) is 10.2 Å². The lowest BCUT2D eigenvalue weighted by atomic mass is 9.92. The van der Waals surface area contributed by atoms with E-state index >= 15 is 0 Å². The molecule has 0 saturated carbocycles. The number of nitrogens with one attached hydrogen (secondary N) is 1. The van der Waals surface area contributed by atoms with Gasteiger partial charge in [0.2, 0.25) is 11.8 Å². The molecule has 22 heavy (non-hydrogen) atoms. The minimum absolute atomic E-state index is 0.110. The molecule has 6 heteroatoms. The van der Waals surface area contributed by atoms with Crippen LogP contribution in [0.5, 0.6) is 5.88 Å². The van der Waals surface area contributed by atoms with Gasteiger partial charge < -0.3 is 10.5 Å². The number of ether oxygens (including phenoxy) is 1. The van der Waals surface area contributed by atoms with Crippen LogP contribution in [0.2, 0.25) is 0 Å². The van der Waals surface area contributed by atoms with Crippen molar-refractivity contribution < 1.29 is 4.74 Å². The number of H-pyrrole nitrogens is 1. The smallest absolute Gasteiger partial charge is 0.243 e. The zero-order valence-corrected chi connectivity index (χ0v) is 13.2. The molecule has 0 bridgehead atoms. The van der Waals surface area contributed by atoms with Gasteiger partial charge in [-0.25, -0.2) is 0 Å². The highest BCUT2D eigenvalue weighted by atomic mass is 32.2. The van der Waals surface area contributed by atoms with E-state index in [0.717, 1.165) is 17.0 Å². The first-order valence-corrected chi connectivity index (χ1v) is 7.93. The van der Waals surface area contributed by atoms with Gasteiger partial charge in [-0.15, -0.1) is 16.9 Å². The first-order valence-electron chi connectivity index (χ1n) is 6.94. The van der Waals surface area contributed by atoms with Crippen molar-refractivity contribution in [2.45, 2.75) is 30.4 Å². The lowest BCUT2D eigenvalue weighted by Crippen LogP contribution is -2.18. The first kappa shape index (κ1) is 14.5. The minimum Gasteiger partial charge on any atom is -0.420 e. The zero-order chi connectivity index (χ0) is 15.7. The predicted octanol–water partition coefficient (Wildman–Crippen LogP) is 3.20. The molecule has 1 aromatic carbocycles. The second kappa shape index (κ2) is 5.78. The van der Waals surface area contributed by atoms with Gasteiger partial charge >= 0.3 is 0 Å². The summed E-state index contributed by atoms with van der Waals surface area (Å²) in [6.07, 6.45) is 0. The Morgan fingerprint density at radius 1 is 1.41 bits per heavy atom. The van der Waals surface area contributed by atoms with Gasteiger partial charge in [-0.1, -0.05) is 24.6 Å². The molecule has 1 aliphatic heterocycles. The van der Waals surface area contributed by atoms with Crippen LogP contribution in [-0.2, 0) is 5.75 Å². The van der Waals surface area contributed by atoms with E-state index in [1.807, 2.05) is 6.92 Å². The Balaban J connectivity index is 1.81. The van der Waals surface area contributed by atoms with E-state index in [2.05, 4.69) is 47.5 Å². The van der Waals surface area contributed by atoms with Crippen molar-refractivity contribution >= 4 is 11.8 Å². The topological polar surface area (TPSA) is 87.7 Å². The summed E-state index contributed by atoms with van der Waals surface area (Å²) in [5.41, 5.74) is 9.34. The number of aromatic amines is 1. The van der Waals surface area contributed by atoms with Gasteiger partial charge in [0.1, 0.15) is 6.07 Å². The van der Waals surface area contributed by atoms with Gasteiger partial charge in [0.25, 0.3) is 0 Å². The fraction of sp³-hybridized carbons (Fsp3) is 0.250.